The minimum atomic E-state index is -0.841. The summed E-state index contributed by atoms with van der Waals surface area (Å²) in [7, 11) is 0. The number of unbranched alkanes of at least 4 members (excludes halogenated alkanes) is 55. The first-order valence-corrected chi connectivity index (χ1v) is 37.3. The largest absolute Gasteiger partial charge is 0.466 e. The van der Waals surface area contributed by atoms with E-state index in [0.717, 1.165) is 44.9 Å². The number of carbonyl (C=O) groups excluding carboxylic acids is 2. The third-order valence-electron chi connectivity index (χ3n) is 17.4. The Kier molecular flexibility index (Phi) is 69.9. The highest BCUT2D eigenvalue weighted by Crippen LogP contribution is 2.19. The second kappa shape index (κ2) is 71.6. The molecule has 0 spiro atoms. The third-order valence-corrected chi connectivity index (χ3v) is 17.4. The van der Waals surface area contributed by atoms with Crippen molar-refractivity contribution in [3.05, 3.63) is 36.5 Å². The molecule has 0 saturated carbocycles. The van der Waals surface area contributed by atoms with Crippen LogP contribution in [0.1, 0.15) is 412 Å². The summed E-state index contributed by atoms with van der Waals surface area (Å²) in [5, 5.41) is 23.1. The van der Waals surface area contributed by atoms with Crippen molar-refractivity contribution in [1.82, 2.24) is 5.32 Å². The Bertz CT molecular complexity index is 1330. The van der Waals surface area contributed by atoms with Gasteiger partial charge in [-0.1, -0.05) is 371 Å². The van der Waals surface area contributed by atoms with Crippen molar-refractivity contribution in [2.24, 2.45) is 0 Å². The molecule has 6 nitrogen and oxygen atoms in total. The number of esters is 1. The second-order valence-corrected chi connectivity index (χ2v) is 25.6. The highest BCUT2D eigenvalue weighted by atomic mass is 16.5. The van der Waals surface area contributed by atoms with Gasteiger partial charge in [-0.05, 0) is 64.2 Å². The monoisotopic (exact) mass is 1150 g/mol. The van der Waals surface area contributed by atoms with Crippen LogP contribution >= 0.6 is 0 Å². The Balaban J connectivity index is 3.34. The first-order chi connectivity index (χ1) is 40.5. The molecule has 0 fully saturated rings. The lowest BCUT2D eigenvalue weighted by atomic mass is 10.0. The van der Waals surface area contributed by atoms with Gasteiger partial charge in [-0.2, -0.15) is 0 Å². The van der Waals surface area contributed by atoms with E-state index < -0.39 is 12.1 Å². The van der Waals surface area contributed by atoms with Gasteiger partial charge >= 0.3 is 5.97 Å². The van der Waals surface area contributed by atoms with Crippen LogP contribution in [0, 0.1) is 0 Å². The van der Waals surface area contributed by atoms with Crippen LogP contribution in [0.5, 0.6) is 0 Å². The van der Waals surface area contributed by atoms with Crippen LogP contribution in [-0.4, -0.2) is 47.4 Å². The lowest BCUT2D eigenvalue weighted by Crippen LogP contribution is -2.45. The number of hydrogen-bond donors (Lipinski definition) is 3. The molecule has 0 saturated heterocycles. The van der Waals surface area contributed by atoms with Gasteiger partial charge in [0.25, 0.3) is 0 Å². The molecule has 0 aliphatic rings. The molecular weight excluding hydrogens is 1010 g/mol. The predicted molar refractivity (Wildman–Crippen MR) is 361 cm³/mol. The molecule has 0 aromatic rings. The van der Waals surface area contributed by atoms with Gasteiger partial charge in [0.05, 0.1) is 25.4 Å². The molecule has 0 radical (unpaired) electrons. The molecular formula is C76H145NO5. The fraction of sp³-hybridized carbons (Fsp3) is 0.895. The number of aliphatic hydroxyl groups excluding tert-OH is 2. The lowest BCUT2D eigenvalue weighted by molar-refractivity contribution is -0.143. The minimum absolute atomic E-state index is 0.0228. The molecule has 82 heavy (non-hydrogen) atoms. The van der Waals surface area contributed by atoms with E-state index in [9.17, 15) is 19.8 Å². The Hall–Kier alpha value is -1.92. The molecule has 2 atom stereocenters. The number of amides is 1. The number of carbonyl (C=O) groups is 2. The van der Waals surface area contributed by atoms with Crippen molar-refractivity contribution >= 4 is 11.9 Å². The highest BCUT2D eigenvalue weighted by molar-refractivity contribution is 5.76. The van der Waals surface area contributed by atoms with Crippen molar-refractivity contribution in [2.45, 2.75) is 424 Å². The van der Waals surface area contributed by atoms with E-state index in [1.54, 1.807) is 6.08 Å². The quantitative estimate of drug-likeness (QED) is 0.0320. The van der Waals surface area contributed by atoms with Gasteiger partial charge in [0.15, 0.2) is 0 Å². The van der Waals surface area contributed by atoms with Gasteiger partial charge in [0, 0.05) is 12.8 Å². The maximum absolute atomic E-state index is 12.5. The zero-order valence-corrected chi connectivity index (χ0v) is 55.5. The summed E-state index contributed by atoms with van der Waals surface area (Å²) >= 11 is 0. The van der Waals surface area contributed by atoms with Gasteiger partial charge in [0.2, 0.25) is 5.91 Å². The van der Waals surface area contributed by atoms with Gasteiger partial charge in [-0.15, -0.1) is 0 Å². The van der Waals surface area contributed by atoms with Gasteiger partial charge in [-0.25, -0.2) is 0 Å². The number of rotatable bonds is 70. The van der Waals surface area contributed by atoms with Crippen molar-refractivity contribution < 1.29 is 24.5 Å². The standard InChI is InChI=1S/C76H145NO5/c1-3-5-7-9-11-13-15-17-46-50-54-58-62-66-70-76(81)82-71-67-63-59-55-51-47-44-42-40-38-36-34-32-30-28-26-24-22-20-18-19-21-23-25-27-29-31-33-35-37-39-41-43-45-49-53-57-61-65-69-75(80)77-73(72-78)74(79)68-64-60-56-52-48-16-14-12-10-8-6-4-2/h18-19,22,24,64,68,73-74,78-79H,3-17,20-21,23,25-63,65-67,69-72H2,1-2H3,(H,77,80)/b19-18-,24-22-,68-64+. The van der Waals surface area contributed by atoms with Crippen molar-refractivity contribution in [1.29, 1.82) is 0 Å². The number of hydrogen-bond acceptors (Lipinski definition) is 5. The lowest BCUT2D eigenvalue weighted by Gasteiger charge is -2.20. The van der Waals surface area contributed by atoms with E-state index in [1.807, 2.05) is 6.08 Å². The predicted octanol–water partition coefficient (Wildman–Crippen LogP) is 24.3. The van der Waals surface area contributed by atoms with E-state index in [2.05, 4.69) is 43.5 Å². The molecule has 0 aliphatic carbocycles. The molecule has 0 aromatic heterocycles. The zero-order chi connectivity index (χ0) is 59.2. The molecule has 3 N–H and O–H groups in total. The molecule has 484 valence electrons. The average Bonchev–Trinajstić information content (AvgIpc) is 3.48. The summed E-state index contributed by atoms with van der Waals surface area (Å²) in [6, 6.07) is -0.624. The third kappa shape index (κ3) is 67.2. The van der Waals surface area contributed by atoms with Crippen molar-refractivity contribution in [3.63, 3.8) is 0 Å². The smallest absolute Gasteiger partial charge is 0.305 e. The molecule has 0 aromatic carbocycles. The van der Waals surface area contributed by atoms with Gasteiger partial charge in [0.1, 0.15) is 0 Å². The fourth-order valence-electron chi connectivity index (χ4n) is 11.7. The minimum Gasteiger partial charge on any atom is -0.466 e. The van der Waals surface area contributed by atoms with Crippen LogP contribution < -0.4 is 5.32 Å². The van der Waals surface area contributed by atoms with Crippen LogP contribution in [0.2, 0.25) is 0 Å². The summed E-state index contributed by atoms with van der Waals surface area (Å²) in [6.45, 7) is 4.93. The molecule has 0 heterocycles. The maximum Gasteiger partial charge on any atom is 0.305 e. The van der Waals surface area contributed by atoms with E-state index >= 15 is 0 Å². The molecule has 6 heteroatoms. The summed E-state index contributed by atoms with van der Waals surface area (Å²) in [5.41, 5.74) is 0. The average molecular weight is 1150 g/mol. The van der Waals surface area contributed by atoms with Crippen LogP contribution in [0.3, 0.4) is 0 Å². The summed E-state index contributed by atoms with van der Waals surface area (Å²) < 4.78 is 5.50. The maximum atomic E-state index is 12.5. The molecule has 2 unspecified atom stereocenters. The summed E-state index contributed by atoms with van der Waals surface area (Å²) in [4.78, 5) is 24.5. The number of allylic oxidation sites excluding steroid dienone is 5. The SMILES string of the molecule is CCCCCCCCCCCC/C=C/C(O)C(CO)NC(=O)CCCCCCCCCCCCCCCCCCC/C=C\C/C=C\CCCCCCCCCCCCCCCCCOC(=O)CCCCCCCCCCCCCCCC. The molecule has 0 aliphatic heterocycles. The Morgan fingerprint density at radius 1 is 0.341 bits per heavy atom. The first kappa shape index (κ1) is 80.1. The highest BCUT2D eigenvalue weighted by Gasteiger charge is 2.18. The molecule has 1 amide bonds. The van der Waals surface area contributed by atoms with Crippen LogP contribution in [0.25, 0.3) is 0 Å². The molecule has 0 rings (SSSR count). The van der Waals surface area contributed by atoms with E-state index in [4.69, 9.17) is 4.74 Å². The van der Waals surface area contributed by atoms with E-state index in [0.29, 0.717) is 19.4 Å². The first-order valence-electron chi connectivity index (χ1n) is 37.3. The van der Waals surface area contributed by atoms with Crippen molar-refractivity contribution in [3.8, 4) is 0 Å². The van der Waals surface area contributed by atoms with Crippen LogP contribution in [0.4, 0.5) is 0 Å². The van der Waals surface area contributed by atoms with Gasteiger partial charge < -0.3 is 20.3 Å². The van der Waals surface area contributed by atoms with Gasteiger partial charge in [-0.3, -0.25) is 9.59 Å². The normalized spacial score (nSPS) is 12.7. The summed E-state index contributed by atoms with van der Waals surface area (Å²) in [5.74, 6) is -0.0411. The molecule has 0 bridgehead atoms. The number of nitrogens with one attached hydrogen (secondary N) is 1. The Morgan fingerprint density at radius 3 is 0.927 bits per heavy atom. The topological polar surface area (TPSA) is 95.9 Å². The van der Waals surface area contributed by atoms with E-state index in [-0.39, 0.29) is 18.5 Å². The summed E-state index contributed by atoms with van der Waals surface area (Å²) in [6.07, 6.45) is 92.6. The second-order valence-electron chi connectivity index (χ2n) is 25.6. The number of aliphatic hydroxyl groups is 2. The Morgan fingerprint density at radius 2 is 0.610 bits per heavy atom. The number of ether oxygens (including phenoxy) is 1. The zero-order valence-electron chi connectivity index (χ0n) is 55.5. The Labute approximate surface area is 513 Å². The van der Waals surface area contributed by atoms with Crippen molar-refractivity contribution in [2.75, 3.05) is 13.2 Å². The van der Waals surface area contributed by atoms with Crippen LogP contribution in [-0.2, 0) is 14.3 Å². The van der Waals surface area contributed by atoms with E-state index in [1.165, 1.54) is 340 Å². The van der Waals surface area contributed by atoms with Crippen LogP contribution in [0.15, 0.2) is 36.5 Å². The fourth-order valence-corrected chi connectivity index (χ4v) is 11.7.